The number of hydrogen-bond donors (Lipinski definition) is 7. The number of hydrazone groups is 1. The molecule has 408 valence electrons. The topological polar surface area (TPSA) is 253 Å². The average Bonchev–Trinajstić information content (AvgIpc) is 4.20. The lowest BCUT2D eigenvalue weighted by atomic mass is 9.78. The van der Waals surface area contributed by atoms with E-state index in [1.54, 1.807) is 77.0 Å². The van der Waals surface area contributed by atoms with Crippen LogP contribution in [0.3, 0.4) is 0 Å². The third-order valence-electron chi connectivity index (χ3n) is 16.1. The first-order valence-corrected chi connectivity index (χ1v) is 25.8. The maximum atomic E-state index is 16.0. The van der Waals surface area contributed by atoms with Gasteiger partial charge in [-0.1, -0.05) is 52.5 Å². The highest BCUT2D eigenvalue weighted by atomic mass is 19.1. The summed E-state index contributed by atoms with van der Waals surface area (Å²) in [7, 11) is 1.45. The Labute approximate surface area is 440 Å². The van der Waals surface area contributed by atoms with Crippen molar-refractivity contribution in [1.82, 2.24) is 14.9 Å². The van der Waals surface area contributed by atoms with Gasteiger partial charge in [-0.3, -0.25) is 24.2 Å². The number of nitrogens with zero attached hydrogens (tertiary/aromatic N) is 4. The molecule has 19 heteroatoms. The number of fused-ring (bicyclic) bond motifs is 15. The molecule has 3 aliphatic carbocycles. The number of rotatable bonds is 7. The number of aromatic nitrogens is 1. The maximum absolute atomic E-state index is 16.0. The summed E-state index contributed by atoms with van der Waals surface area (Å²) in [6.45, 7) is 17.4. The van der Waals surface area contributed by atoms with Crippen molar-refractivity contribution in [3.63, 3.8) is 0 Å². The monoisotopic (exact) mass is 1050 g/mol. The van der Waals surface area contributed by atoms with E-state index in [4.69, 9.17) is 19.3 Å². The molecule has 2 fully saturated rings. The summed E-state index contributed by atoms with van der Waals surface area (Å²) in [5, 5.41) is 79.3. The van der Waals surface area contributed by atoms with E-state index in [1.165, 1.54) is 45.6 Å². The Kier molecular flexibility index (Phi) is 15.9. The van der Waals surface area contributed by atoms with Crippen LogP contribution in [-0.4, -0.2) is 127 Å². The van der Waals surface area contributed by atoms with Crippen molar-refractivity contribution in [2.45, 2.75) is 123 Å². The Balaban J connectivity index is 1.15. The lowest BCUT2D eigenvalue weighted by Crippen LogP contribution is -2.46. The second kappa shape index (κ2) is 21.8. The zero-order valence-corrected chi connectivity index (χ0v) is 44.4. The van der Waals surface area contributed by atoms with Crippen LogP contribution in [-0.2, 0) is 30.2 Å². The van der Waals surface area contributed by atoms with Crippen molar-refractivity contribution >= 4 is 46.2 Å². The number of allylic oxidation sites excluding steroid dienone is 2. The summed E-state index contributed by atoms with van der Waals surface area (Å²) in [4.78, 5) is 56.5. The molecule has 0 spiro atoms. The number of aromatic hydroxyl groups is 1. The quantitative estimate of drug-likeness (QED) is 0.0810. The van der Waals surface area contributed by atoms with Gasteiger partial charge in [-0.05, 0) is 62.9 Å². The molecular formula is C57H70FN5O13. The smallest absolute Gasteiger partial charge is 0.302 e. The van der Waals surface area contributed by atoms with Gasteiger partial charge in [-0.2, -0.15) is 5.10 Å². The molecule has 2 aromatic carbocycles. The number of phenolic OH excluding ortho intramolecular Hbond substituents is 1. The van der Waals surface area contributed by atoms with Crippen LogP contribution in [0.2, 0.25) is 0 Å². The van der Waals surface area contributed by atoms with Gasteiger partial charge in [-0.15, -0.1) is 0 Å². The number of halogens is 1. The van der Waals surface area contributed by atoms with Crippen LogP contribution in [0.4, 0.5) is 10.1 Å². The van der Waals surface area contributed by atoms with Gasteiger partial charge in [0.1, 0.15) is 35.6 Å². The third-order valence-corrected chi connectivity index (χ3v) is 16.1. The highest BCUT2D eigenvalue weighted by Crippen LogP contribution is 2.51. The molecule has 7 N–H and O–H groups in total. The van der Waals surface area contributed by atoms with Gasteiger partial charge >= 0.3 is 5.97 Å². The number of ketones is 1. The molecule has 2 unspecified atom stereocenters. The summed E-state index contributed by atoms with van der Waals surface area (Å²) in [5.41, 5.74) is -1.08. The van der Waals surface area contributed by atoms with Crippen LogP contribution in [0.5, 0.6) is 5.75 Å². The fourth-order valence-electron chi connectivity index (χ4n) is 11.3. The van der Waals surface area contributed by atoms with E-state index < -0.39 is 106 Å². The molecule has 1 saturated heterocycles. The molecule has 1 aromatic heterocycles. The number of amides is 1. The molecule has 5 bridgehead atoms. The molecule has 6 aliphatic rings. The first-order chi connectivity index (χ1) is 35.9. The van der Waals surface area contributed by atoms with Gasteiger partial charge in [-0.25, -0.2) is 4.39 Å². The number of pyridine rings is 1. The van der Waals surface area contributed by atoms with Crippen LogP contribution in [0.25, 0.3) is 16.7 Å². The number of phenols is 1. The highest BCUT2D eigenvalue weighted by Gasteiger charge is 2.50. The number of anilines is 1. The molecule has 3 aliphatic heterocycles. The van der Waals surface area contributed by atoms with E-state index in [1.807, 2.05) is 9.47 Å². The van der Waals surface area contributed by atoms with Crippen LogP contribution < -0.4 is 15.6 Å². The number of aliphatic hydroxyl groups is 5. The van der Waals surface area contributed by atoms with Crippen molar-refractivity contribution in [2.75, 3.05) is 38.2 Å². The van der Waals surface area contributed by atoms with Gasteiger partial charge in [0, 0.05) is 103 Å². The number of ether oxygens (including phenoxy) is 3. The molecule has 0 radical (unpaired) electrons. The molecule has 9 rings (SSSR count). The molecule has 11 atom stereocenters. The van der Waals surface area contributed by atoms with Crippen LogP contribution >= 0.6 is 0 Å². The predicted octanol–water partition coefficient (Wildman–Crippen LogP) is 6.03. The first kappa shape index (κ1) is 55.6. The lowest BCUT2D eigenvalue weighted by molar-refractivity contribution is -0.160. The minimum Gasteiger partial charge on any atom is -0.508 e. The van der Waals surface area contributed by atoms with Crippen LogP contribution in [0, 0.1) is 36.4 Å². The summed E-state index contributed by atoms with van der Waals surface area (Å²) in [6.07, 6.45) is 4.66. The Bertz CT molecular complexity index is 3060. The molecule has 1 saturated carbocycles. The largest absolute Gasteiger partial charge is 0.508 e. The first-order valence-electron chi connectivity index (χ1n) is 25.8. The number of hydrogen-bond acceptors (Lipinski definition) is 16. The van der Waals surface area contributed by atoms with E-state index in [2.05, 4.69) is 11.9 Å². The predicted molar refractivity (Wildman–Crippen MR) is 283 cm³/mol. The standard InChI is InChI=1S/C57H70FN5O13/c1-27-12-11-13-28(2)56(73)60-47-38(25-59-62-19-17-61(18-20-62)42-23-41-36(22-40(42)58)51(69)39(33(7)64)26-63(41)35-14-15-35)52(70)45-44-37(29(3)50(68)46(45)53(47)71)24-57(9,55(44)72)75-21-16-43(74-10)30(4)54(76-34(8)65)32(6)49(67)31(5)48(27)66/h11-13,16,21-23,25-27,30-32,35,43,48-49,52-54,64,66-68,70-71H,7,14-15,17-20,24H2,1-6,8-10H3,(H,60,73)/b12-11+,21-16+,28-13-,59-25-/t27-,30+,31+,32+,43-,48-,49+,52?,53?,54+,57-/m0/s1. The SMILES string of the molecule is C=C(O)c1cn(C2CC2)c2cc(N3CCN(/N=C\C4=C5NC(=O)/C(C)=C\C=C\[C@H](C)[C@H](O)[C@@H](C)[C@@H](O)[C@@H](C)[C@H](OC(C)=O)[C@H](C)[C@@H](OC)/C=C/O[C@@]6(C)Cc7c(C)c(O)c(c(c7C6=O)C4O)C5O)CC3)c(F)cc2c1=O. The minimum absolute atomic E-state index is 0.0113. The van der Waals surface area contributed by atoms with Crippen LogP contribution in [0.15, 0.2) is 82.2 Å². The number of carbonyl (C=O) groups excluding carboxylic acids is 3. The van der Waals surface area contributed by atoms with Crippen LogP contribution in [0.1, 0.15) is 118 Å². The lowest BCUT2D eigenvalue weighted by Gasteiger charge is -2.38. The van der Waals surface area contributed by atoms with Gasteiger partial charge in [0.05, 0.1) is 66.3 Å². The van der Waals surface area contributed by atoms with Gasteiger partial charge < -0.3 is 59.6 Å². The summed E-state index contributed by atoms with van der Waals surface area (Å²) >= 11 is 0. The molecule has 18 nitrogen and oxygen atoms in total. The number of piperazine rings is 1. The van der Waals surface area contributed by atoms with Crippen molar-refractivity contribution in [2.24, 2.45) is 28.8 Å². The summed E-state index contributed by atoms with van der Waals surface area (Å²) in [5.74, 6) is -5.81. The Morgan fingerprint density at radius 3 is 2.28 bits per heavy atom. The number of methoxy groups -OCH3 is 1. The van der Waals surface area contributed by atoms with E-state index in [0.29, 0.717) is 11.1 Å². The van der Waals surface area contributed by atoms with Crippen molar-refractivity contribution < 1.29 is 63.6 Å². The second-order valence-corrected chi connectivity index (χ2v) is 21.4. The second-order valence-electron chi connectivity index (χ2n) is 21.4. The van der Waals surface area contributed by atoms with Crippen molar-refractivity contribution in [3.05, 3.63) is 122 Å². The van der Waals surface area contributed by atoms with Crippen molar-refractivity contribution in [1.29, 1.82) is 0 Å². The van der Waals surface area contributed by atoms with Gasteiger partial charge in [0.2, 0.25) is 5.78 Å². The normalized spacial score (nSPS) is 31.3. The zero-order valence-electron chi connectivity index (χ0n) is 44.4. The van der Waals surface area contributed by atoms with E-state index >= 15 is 4.39 Å². The zero-order chi connectivity index (χ0) is 55.4. The Morgan fingerprint density at radius 2 is 1.64 bits per heavy atom. The van der Waals surface area contributed by atoms with E-state index in [-0.39, 0.29) is 94.4 Å². The number of Topliss-reactive ketones (excluding diaryl/α,β-unsaturated/α-hetero) is 1. The maximum Gasteiger partial charge on any atom is 0.302 e. The third kappa shape index (κ3) is 10.3. The summed E-state index contributed by atoms with van der Waals surface area (Å²) < 4.78 is 35.7. The molecule has 1 amide bonds. The average molecular weight is 1050 g/mol. The molecule has 3 aromatic rings. The highest BCUT2D eigenvalue weighted by molar-refractivity contribution is 6.09. The molecule has 4 heterocycles. The van der Waals surface area contributed by atoms with Crippen molar-refractivity contribution in [3.8, 4) is 5.75 Å². The fourth-order valence-corrected chi connectivity index (χ4v) is 11.3. The minimum atomic E-state index is -1.80. The van der Waals surface area contributed by atoms with E-state index in [0.717, 1.165) is 12.8 Å². The number of nitrogens with one attached hydrogen (secondary N) is 1. The number of carbonyl (C=O) groups is 3. The fraction of sp³-hybridized carbons (Fsp3) is 0.491. The van der Waals surface area contributed by atoms with Gasteiger partial charge in [0.25, 0.3) is 5.91 Å². The number of aliphatic hydroxyl groups excluding tert-OH is 5. The van der Waals surface area contributed by atoms with Gasteiger partial charge in [0.15, 0.2) is 11.0 Å². The molecule has 76 heavy (non-hydrogen) atoms. The van der Waals surface area contributed by atoms with E-state index in [9.17, 15) is 49.8 Å². The number of esters is 1. The number of benzene rings is 2. The Morgan fingerprint density at radius 1 is 0.961 bits per heavy atom. The Hall–Kier alpha value is -6.64. The summed E-state index contributed by atoms with van der Waals surface area (Å²) in [6, 6.07) is 2.93. The molecular weight excluding hydrogens is 982 g/mol.